The normalized spacial score (nSPS) is 19.3. The van der Waals surface area contributed by atoms with Crippen molar-refractivity contribution >= 4 is 23.5 Å². The van der Waals surface area contributed by atoms with E-state index in [0.717, 1.165) is 11.1 Å². The van der Waals surface area contributed by atoms with Crippen LogP contribution in [0, 0.1) is 0 Å². The lowest BCUT2D eigenvalue weighted by Gasteiger charge is -2.28. The predicted molar refractivity (Wildman–Crippen MR) is 156 cm³/mol. The monoisotopic (exact) mass is 596 g/mol. The van der Waals surface area contributed by atoms with Gasteiger partial charge in [-0.1, -0.05) is 42.5 Å². The van der Waals surface area contributed by atoms with Crippen LogP contribution in [0.4, 0.5) is 0 Å². The Bertz CT molecular complexity index is 1230. The first-order chi connectivity index (χ1) is 20.7. The number of nitrogens with one attached hydrogen (secondary N) is 3. The van der Waals surface area contributed by atoms with Gasteiger partial charge in [0.1, 0.15) is 23.9 Å². The zero-order valence-corrected chi connectivity index (χ0v) is 24.5. The van der Waals surface area contributed by atoms with Gasteiger partial charge in [-0.15, -0.1) is 0 Å². The van der Waals surface area contributed by atoms with Crippen LogP contribution >= 0.6 is 0 Å². The maximum absolute atomic E-state index is 13.7. The molecule has 2 aromatic carbocycles. The van der Waals surface area contributed by atoms with Gasteiger partial charge < -0.3 is 35.3 Å². The molecule has 43 heavy (non-hydrogen) atoms. The summed E-state index contributed by atoms with van der Waals surface area (Å²) in [5.41, 5.74) is 1.58. The fourth-order valence-corrected chi connectivity index (χ4v) is 4.84. The first-order valence-corrected chi connectivity index (χ1v) is 14.4. The fraction of sp³-hybridized carbons (Fsp3) is 0.484. The Kier molecular flexibility index (Phi) is 11.6. The van der Waals surface area contributed by atoms with E-state index in [2.05, 4.69) is 16.0 Å². The Morgan fingerprint density at radius 1 is 0.907 bits per heavy atom. The number of aliphatic hydroxyl groups is 1. The van der Waals surface area contributed by atoms with Gasteiger partial charge in [-0.2, -0.15) is 0 Å². The van der Waals surface area contributed by atoms with Gasteiger partial charge in [0.15, 0.2) is 5.78 Å². The number of ketones is 1. The molecule has 0 radical (unpaired) electrons. The molecule has 2 fully saturated rings. The van der Waals surface area contributed by atoms with Crippen molar-refractivity contribution in [1.82, 2.24) is 20.9 Å². The van der Waals surface area contributed by atoms with Gasteiger partial charge in [0, 0.05) is 19.5 Å². The molecule has 12 heteroatoms. The molecule has 0 saturated carbocycles. The number of amides is 3. The number of hydrogen-bond donors (Lipinski definition) is 4. The van der Waals surface area contributed by atoms with Crippen molar-refractivity contribution in [1.29, 1.82) is 0 Å². The molecule has 0 bridgehead atoms. The quantitative estimate of drug-likeness (QED) is 0.201. The third-order valence-corrected chi connectivity index (χ3v) is 7.38. The molecule has 0 aliphatic carbocycles. The number of hydrogen-bond acceptors (Lipinski definition) is 9. The molecule has 2 aliphatic heterocycles. The van der Waals surface area contributed by atoms with Crippen LogP contribution in [-0.4, -0.2) is 110 Å². The average molecular weight is 597 g/mol. The third-order valence-electron chi connectivity index (χ3n) is 7.38. The van der Waals surface area contributed by atoms with Crippen molar-refractivity contribution in [2.75, 3.05) is 46.6 Å². The number of benzene rings is 2. The van der Waals surface area contributed by atoms with Crippen LogP contribution in [0.5, 0.6) is 5.75 Å². The Morgan fingerprint density at radius 3 is 2.12 bits per heavy atom. The number of carbonyl (C=O) groups is 4. The summed E-state index contributed by atoms with van der Waals surface area (Å²) < 4.78 is 15.7. The highest BCUT2D eigenvalue weighted by Gasteiger charge is 2.38. The molecule has 2 aliphatic rings. The van der Waals surface area contributed by atoms with Crippen LogP contribution in [0.3, 0.4) is 0 Å². The lowest BCUT2D eigenvalue weighted by atomic mass is 9.99. The van der Waals surface area contributed by atoms with Gasteiger partial charge >= 0.3 is 0 Å². The zero-order chi connectivity index (χ0) is 30.8. The topological polar surface area (TPSA) is 159 Å². The van der Waals surface area contributed by atoms with Crippen molar-refractivity contribution in [3.8, 4) is 5.75 Å². The van der Waals surface area contributed by atoms with E-state index in [1.807, 2.05) is 35.2 Å². The Morgan fingerprint density at radius 2 is 1.51 bits per heavy atom. The number of morpholine rings is 1. The maximum Gasteiger partial charge on any atom is 0.245 e. The lowest BCUT2D eigenvalue weighted by Crippen LogP contribution is -2.60. The van der Waals surface area contributed by atoms with Gasteiger partial charge in [0.25, 0.3) is 0 Å². The van der Waals surface area contributed by atoms with Crippen molar-refractivity contribution in [2.45, 2.75) is 50.1 Å². The van der Waals surface area contributed by atoms with Crippen LogP contribution in [0.15, 0.2) is 54.6 Å². The molecule has 12 nitrogen and oxygen atoms in total. The van der Waals surface area contributed by atoms with Crippen LogP contribution in [0.25, 0.3) is 0 Å². The number of methoxy groups -OCH3 is 1. The number of Topliss-reactive ketones (excluding diaryl/α,β-unsaturated/α-hetero) is 1. The van der Waals surface area contributed by atoms with E-state index in [1.165, 1.54) is 6.92 Å². The summed E-state index contributed by atoms with van der Waals surface area (Å²) in [6.45, 7) is 3.92. The number of ether oxygens (including phenoxy) is 3. The fourth-order valence-electron chi connectivity index (χ4n) is 4.84. The second kappa shape index (κ2) is 15.6. The van der Waals surface area contributed by atoms with Crippen molar-refractivity contribution in [2.24, 2.45) is 0 Å². The predicted octanol–water partition coefficient (Wildman–Crippen LogP) is -0.384. The number of aliphatic hydroxyl groups excluding tert-OH is 1. The second-order valence-electron chi connectivity index (χ2n) is 10.8. The minimum absolute atomic E-state index is 0.0438. The summed E-state index contributed by atoms with van der Waals surface area (Å²) in [4.78, 5) is 54.9. The third kappa shape index (κ3) is 9.85. The number of epoxide rings is 1. The van der Waals surface area contributed by atoms with Crippen LogP contribution in [-0.2, 0) is 41.5 Å². The largest absolute Gasteiger partial charge is 0.497 e. The van der Waals surface area contributed by atoms with Crippen LogP contribution in [0.2, 0.25) is 0 Å². The van der Waals surface area contributed by atoms with E-state index in [1.54, 1.807) is 31.4 Å². The van der Waals surface area contributed by atoms with Crippen LogP contribution < -0.4 is 20.7 Å². The lowest BCUT2D eigenvalue weighted by molar-refractivity contribution is -0.135. The van der Waals surface area contributed by atoms with E-state index in [0.29, 0.717) is 38.7 Å². The molecule has 5 atom stereocenters. The highest BCUT2D eigenvalue weighted by molar-refractivity contribution is 5.97. The molecule has 0 spiro atoms. The van der Waals surface area contributed by atoms with Gasteiger partial charge in [-0.25, -0.2) is 0 Å². The standard InChI is InChI=1S/C31H40N4O8/c1-20(36)28(34-27(37)18-35-12-14-42-15-13-35)31(40)33-25(17-22-8-10-23(41-2)11-9-22)30(39)32-24(29(38)26-19-43-26)16-21-6-4-3-5-7-21/h3-11,20,24-26,28,36H,12-19H2,1-2H3,(H,32,39)(H,33,40)(H,34,37)/t20-,24-,25-,26+,28-/m0/s1. The maximum atomic E-state index is 13.7. The summed E-state index contributed by atoms with van der Waals surface area (Å²) in [6, 6.07) is 13.0. The van der Waals surface area contributed by atoms with Gasteiger partial charge in [-0.3, -0.25) is 24.1 Å². The Balaban J connectivity index is 1.49. The second-order valence-corrected chi connectivity index (χ2v) is 10.8. The van der Waals surface area contributed by atoms with E-state index >= 15 is 0 Å². The summed E-state index contributed by atoms with van der Waals surface area (Å²) >= 11 is 0. The first kappa shape index (κ1) is 32.1. The van der Waals surface area contributed by atoms with Crippen molar-refractivity contribution in [3.63, 3.8) is 0 Å². The summed E-state index contributed by atoms with van der Waals surface area (Å²) in [5, 5.41) is 18.5. The molecule has 4 rings (SSSR count). The van der Waals surface area contributed by atoms with E-state index < -0.39 is 48.1 Å². The van der Waals surface area contributed by atoms with E-state index in [4.69, 9.17) is 14.2 Å². The molecule has 4 N–H and O–H groups in total. The molecule has 2 heterocycles. The SMILES string of the molecule is COc1ccc(C[C@H](NC(=O)[C@@H](NC(=O)CN2CCOCC2)[C@H](C)O)C(=O)N[C@@H](Cc2ccccc2)C(=O)[C@H]2CO2)cc1. The average Bonchev–Trinajstić information content (AvgIpc) is 3.86. The minimum Gasteiger partial charge on any atom is -0.497 e. The number of carbonyl (C=O) groups excluding carboxylic acids is 4. The minimum atomic E-state index is -1.30. The van der Waals surface area contributed by atoms with Crippen LogP contribution in [0.1, 0.15) is 18.1 Å². The van der Waals surface area contributed by atoms with Crippen molar-refractivity contribution < 1.29 is 38.5 Å². The zero-order valence-electron chi connectivity index (χ0n) is 24.5. The summed E-state index contributed by atoms with van der Waals surface area (Å²) in [5.74, 6) is -1.36. The van der Waals surface area contributed by atoms with E-state index in [9.17, 15) is 24.3 Å². The molecular formula is C31H40N4O8. The molecule has 232 valence electrons. The van der Waals surface area contributed by atoms with E-state index in [-0.39, 0.29) is 25.2 Å². The molecular weight excluding hydrogens is 556 g/mol. The highest BCUT2D eigenvalue weighted by Crippen LogP contribution is 2.17. The van der Waals surface area contributed by atoms with Gasteiger partial charge in [0.05, 0.1) is 45.6 Å². The summed E-state index contributed by atoms with van der Waals surface area (Å²) in [6.07, 6.45) is -1.48. The molecule has 0 unspecified atom stereocenters. The molecule has 0 aromatic heterocycles. The smallest absolute Gasteiger partial charge is 0.245 e. The molecule has 2 aromatic rings. The Labute approximate surface area is 251 Å². The molecule has 3 amide bonds. The number of nitrogens with zero attached hydrogens (tertiary/aromatic N) is 1. The molecule has 2 saturated heterocycles. The highest BCUT2D eigenvalue weighted by atomic mass is 16.6. The first-order valence-electron chi connectivity index (χ1n) is 14.4. The van der Waals surface area contributed by atoms with Crippen molar-refractivity contribution in [3.05, 3.63) is 65.7 Å². The summed E-state index contributed by atoms with van der Waals surface area (Å²) in [7, 11) is 1.54. The Hall–Kier alpha value is -3.84. The van der Waals surface area contributed by atoms with Gasteiger partial charge in [0.2, 0.25) is 17.7 Å². The van der Waals surface area contributed by atoms with Gasteiger partial charge in [-0.05, 0) is 36.6 Å². The number of rotatable bonds is 15.